The first-order valence-electron chi connectivity index (χ1n) is 8.41. The van der Waals surface area contributed by atoms with Crippen LogP contribution in [0.25, 0.3) is 0 Å². The van der Waals surface area contributed by atoms with Crippen molar-refractivity contribution in [2.75, 3.05) is 37.1 Å². The van der Waals surface area contributed by atoms with Crippen molar-refractivity contribution in [2.45, 2.75) is 17.7 Å². The van der Waals surface area contributed by atoms with E-state index < -0.39 is 0 Å². The van der Waals surface area contributed by atoms with E-state index in [1.165, 1.54) is 0 Å². The van der Waals surface area contributed by atoms with E-state index >= 15 is 0 Å². The van der Waals surface area contributed by atoms with E-state index in [-0.39, 0.29) is 5.91 Å². The minimum Gasteiger partial charge on any atom is -0.495 e. The molecule has 0 radical (unpaired) electrons. The molecule has 1 amide bonds. The van der Waals surface area contributed by atoms with Crippen LogP contribution in [0.3, 0.4) is 0 Å². The molecule has 26 heavy (non-hydrogen) atoms. The number of ether oxygens (including phenoxy) is 3. The smallest absolute Gasteiger partial charge is 0.225 e. The van der Waals surface area contributed by atoms with Crippen LogP contribution in [0.15, 0.2) is 41.3 Å². The number of methoxy groups -OCH3 is 1. The summed E-state index contributed by atoms with van der Waals surface area (Å²) in [7, 11) is 1.56. The molecule has 3 N–H and O–H groups in total. The summed E-state index contributed by atoms with van der Waals surface area (Å²) in [6.45, 7) is 1.34. The van der Waals surface area contributed by atoms with Gasteiger partial charge in [-0.3, -0.25) is 4.79 Å². The monoisotopic (exact) mass is 374 g/mol. The summed E-state index contributed by atoms with van der Waals surface area (Å²) in [6.07, 6.45) is 1.28. The third-order valence-electron chi connectivity index (χ3n) is 3.83. The number of carbonyl (C=O) groups is 1. The van der Waals surface area contributed by atoms with Crippen molar-refractivity contribution in [2.24, 2.45) is 0 Å². The largest absolute Gasteiger partial charge is 0.495 e. The molecule has 138 valence electrons. The number of nitrogen functional groups attached to an aromatic ring is 1. The average molecular weight is 374 g/mol. The zero-order chi connectivity index (χ0) is 18.4. The van der Waals surface area contributed by atoms with Crippen LogP contribution in [0.4, 0.5) is 11.4 Å². The molecule has 0 bridgehead atoms. The maximum Gasteiger partial charge on any atom is 0.225 e. The number of thioether (sulfide) groups is 1. The number of nitrogens with two attached hydrogens (primary N) is 1. The average Bonchev–Trinajstić information content (AvgIpc) is 2.87. The number of hydrogen-bond acceptors (Lipinski definition) is 6. The predicted octanol–water partition coefficient (Wildman–Crippen LogP) is 3.56. The van der Waals surface area contributed by atoms with Gasteiger partial charge in [-0.05, 0) is 36.4 Å². The van der Waals surface area contributed by atoms with Gasteiger partial charge in [0, 0.05) is 29.2 Å². The minimum absolute atomic E-state index is 0.0589. The SMILES string of the molecule is COc1ccc(NC(=O)CCSc2ccc3c(c2)OCCCO3)cc1N. The summed E-state index contributed by atoms with van der Waals surface area (Å²) >= 11 is 1.61. The van der Waals surface area contributed by atoms with Crippen LogP contribution in [0.5, 0.6) is 17.2 Å². The third kappa shape index (κ3) is 4.76. The lowest BCUT2D eigenvalue weighted by Crippen LogP contribution is -2.12. The lowest BCUT2D eigenvalue weighted by molar-refractivity contribution is -0.115. The number of fused-ring (bicyclic) bond motifs is 1. The van der Waals surface area contributed by atoms with Crippen LogP contribution in [0, 0.1) is 0 Å². The van der Waals surface area contributed by atoms with E-state index in [0.717, 1.165) is 22.8 Å². The van der Waals surface area contributed by atoms with Crippen molar-refractivity contribution in [3.63, 3.8) is 0 Å². The van der Waals surface area contributed by atoms with E-state index in [0.29, 0.717) is 42.5 Å². The molecule has 0 atom stereocenters. The molecule has 0 fully saturated rings. The number of amides is 1. The highest BCUT2D eigenvalue weighted by molar-refractivity contribution is 7.99. The van der Waals surface area contributed by atoms with Gasteiger partial charge in [0.2, 0.25) is 5.91 Å². The van der Waals surface area contributed by atoms with Crippen molar-refractivity contribution >= 4 is 29.0 Å². The third-order valence-corrected chi connectivity index (χ3v) is 4.83. The molecule has 0 saturated carbocycles. The van der Waals surface area contributed by atoms with Crippen molar-refractivity contribution in [1.82, 2.24) is 0 Å². The molecule has 1 aliphatic heterocycles. The summed E-state index contributed by atoms with van der Waals surface area (Å²) < 4.78 is 16.4. The second-order valence-corrected chi connectivity index (χ2v) is 6.93. The lowest BCUT2D eigenvalue weighted by atomic mass is 10.2. The van der Waals surface area contributed by atoms with E-state index in [1.807, 2.05) is 18.2 Å². The van der Waals surface area contributed by atoms with Crippen LogP contribution >= 0.6 is 11.8 Å². The van der Waals surface area contributed by atoms with Gasteiger partial charge in [0.05, 0.1) is 26.0 Å². The Morgan fingerprint density at radius 2 is 2.00 bits per heavy atom. The highest BCUT2D eigenvalue weighted by Gasteiger charge is 2.11. The highest BCUT2D eigenvalue weighted by atomic mass is 32.2. The van der Waals surface area contributed by atoms with Gasteiger partial charge in [0.1, 0.15) is 5.75 Å². The maximum absolute atomic E-state index is 12.1. The molecule has 3 rings (SSSR count). The summed E-state index contributed by atoms with van der Waals surface area (Å²) in [5, 5.41) is 2.85. The molecule has 7 heteroatoms. The van der Waals surface area contributed by atoms with Crippen LogP contribution in [0.2, 0.25) is 0 Å². The van der Waals surface area contributed by atoms with Gasteiger partial charge in [-0.25, -0.2) is 0 Å². The van der Waals surface area contributed by atoms with Gasteiger partial charge in [-0.2, -0.15) is 0 Å². The number of hydrogen-bond donors (Lipinski definition) is 2. The molecule has 2 aromatic rings. The topological polar surface area (TPSA) is 82.8 Å². The molecular formula is C19H22N2O4S. The Balaban J connectivity index is 1.49. The molecule has 6 nitrogen and oxygen atoms in total. The first kappa shape index (κ1) is 18.3. The summed E-state index contributed by atoms with van der Waals surface area (Å²) in [4.78, 5) is 13.2. The fraction of sp³-hybridized carbons (Fsp3) is 0.316. The summed E-state index contributed by atoms with van der Waals surface area (Å²) in [5.41, 5.74) is 7.00. The fourth-order valence-corrected chi connectivity index (χ4v) is 3.41. The van der Waals surface area contributed by atoms with Gasteiger partial charge >= 0.3 is 0 Å². The van der Waals surface area contributed by atoms with Crippen LogP contribution in [0.1, 0.15) is 12.8 Å². The molecule has 1 heterocycles. The van der Waals surface area contributed by atoms with E-state index in [4.69, 9.17) is 19.9 Å². The molecule has 0 saturated heterocycles. The summed E-state index contributed by atoms with van der Waals surface area (Å²) in [5.74, 6) is 2.74. The molecular weight excluding hydrogens is 352 g/mol. The first-order valence-corrected chi connectivity index (χ1v) is 9.40. The van der Waals surface area contributed by atoms with Crippen molar-refractivity contribution in [1.29, 1.82) is 0 Å². The van der Waals surface area contributed by atoms with E-state index in [9.17, 15) is 4.79 Å². The van der Waals surface area contributed by atoms with E-state index in [2.05, 4.69) is 5.32 Å². The number of nitrogens with one attached hydrogen (secondary N) is 1. The zero-order valence-electron chi connectivity index (χ0n) is 14.6. The number of carbonyl (C=O) groups excluding carboxylic acids is 1. The molecule has 0 unspecified atom stereocenters. The molecule has 0 spiro atoms. The van der Waals surface area contributed by atoms with Crippen molar-refractivity contribution in [3.05, 3.63) is 36.4 Å². The van der Waals surface area contributed by atoms with Gasteiger partial charge in [0.25, 0.3) is 0 Å². The van der Waals surface area contributed by atoms with Crippen LogP contribution < -0.4 is 25.3 Å². The highest BCUT2D eigenvalue weighted by Crippen LogP contribution is 2.34. The van der Waals surface area contributed by atoms with Crippen LogP contribution in [-0.4, -0.2) is 32.0 Å². The normalized spacial score (nSPS) is 13.0. The van der Waals surface area contributed by atoms with Gasteiger partial charge in [-0.1, -0.05) is 0 Å². The Morgan fingerprint density at radius 1 is 1.19 bits per heavy atom. The second kappa shape index (κ2) is 8.71. The maximum atomic E-state index is 12.1. The lowest BCUT2D eigenvalue weighted by Gasteiger charge is -2.10. The summed E-state index contributed by atoms with van der Waals surface area (Å²) in [6, 6.07) is 11.1. The van der Waals surface area contributed by atoms with Crippen molar-refractivity contribution in [3.8, 4) is 17.2 Å². The van der Waals surface area contributed by atoms with Gasteiger partial charge in [-0.15, -0.1) is 11.8 Å². The molecule has 1 aliphatic rings. The number of rotatable bonds is 6. The second-order valence-electron chi connectivity index (χ2n) is 5.76. The molecule has 2 aromatic carbocycles. The Bertz CT molecular complexity index is 782. The Hall–Kier alpha value is -2.54. The molecule has 0 aliphatic carbocycles. The quantitative estimate of drug-likeness (QED) is 0.594. The predicted molar refractivity (Wildman–Crippen MR) is 103 cm³/mol. The Labute approximate surface area is 157 Å². The zero-order valence-corrected chi connectivity index (χ0v) is 15.4. The Morgan fingerprint density at radius 3 is 2.77 bits per heavy atom. The standard InChI is InChI=1S/C19H22N2O4S/c1-23-16-5-3-13(11-15(16)20)21-19(22)7-10-26-14-4-6-17-18(12-14)25-9-2-8-24-17/h3-6,11-12H,2,7-10,20H2,1H3,(H,21,22). The van der Waals surface area contributed by atoms with Crippen molar-refractivity contribution < 1.29 is 19.0 Å². The van der Waals surface area contributed by atoms with Gasteiger partial charge in [0.15, 0.2) is 11.5 Å². The minimum atomic E-state index is -0.0589. The first-order chi connectivity index (χ1) is 12.7. The van der Waals surface area contributed by atoms with E-state index in [1.54, 1.807) is 37.1 Å². The number of benzene rings is 2. The Kier molecular flexibility index (Phi) is 6.12. The molecule has 0 aromatic heterocycles. The fourth-order valence-electron chi connectivity index (χ4n) is 2.53. The van der Waals surface area contributed by atoms with Crippen LogP contribution in [-0.2, 0) is 4.79 Å². The number of anilines is 2. The van der Waals surface area contributed by atoms with Gasteiger partial charge < -0.3 is 25.3 Å².